The van der Waals surface area contributed by atoms with E-state index in [1.807, 2.05) is 0 Å². The molecule has 0 amide bonds. The zero-order valence-corrected chi connectivity index (χ0v) is 15.7. The summed E-state index contributed by atoms with van der Waals surface area (Å²) in [5.74, 6) is 0.905. The number of nitrogens with zero attached hydrogens (tertiary/aromatic N) is 1. The van der Waals surface area contributed by atoms with Gasteiger partial charge in [-0.05, 0) is 79.5 Å². The highest BCUT2D eigenvalue weighted by Crippen LogP contribution is 2.57. The van der Waals surface area contributed by atoms with Crippen LogP contribution in [0.4, 0.5) is 0 Å². The minimum atomic E-state index is -0.238. The Morgan fingerprint density at radius 2 is 2.00 bits per heavy atom. The molecule has 0 radical (unpaired) electrons. The Morgan fingerprint density at radius 3 is 2.58 bits per heavy atom. The summed E-state index contributed by atoms with van der Waals surface area (Å²) < 4.78 is 0. The highest BCUT2D eigenvalue weighted by atomic mass is 16.1. The summed E-state index contributed by atoms with van der Waals surface area (Å²) >= 11 is 0. The van der Waals surface area contributed by atoms with E-state index in [1.54, 1.807) is 6.92 Å². The van der Waals surface area contributed by atoms with Crippen molar-refractivity contribution in [2.45, 2.75) is 78.1 Å². The summed E-state index contributed by atoms with van der Waals surface area (Å²) in [6.07, 6.45) is 5.34. The molecule has 0 unspecified atom stereocenters. The second-order valence-corrected chi connectivity index (χ2v) is 8.70. The molecule has 128 valence electrons. The molecule has 2 aliphatic carbocycles. The van der Waals surface area contributed by atoms with Crippen LogP contribution >= 0.6 is 0 Å². The van der Waals surface area contributed by atoms with Gasteiger partial charge in [0, 0.05) is 5.56 Å². The third kappa shape index (κ3) is 2.41. The predicted molar refractivity (Wildman–Crippen MR) is 97.3 cm³/mol. The van der Waals surface area contributed by atoms with Crippen molar-refractivity contribution in [1.82, 2.24) is 0 Å². The third-order valence-electron chi connectivity index (χ3n) is 6.78. The molecule has 3 atom stereocenters. The number of hydrogen-bond donors (Lipinski definition) is 0. The molecule has 2 heteroatoms. The average Bonchev–Trinajstić information content (AvgIpc) is 2.53. The quantitative estimate of drug-likeness (QED) is 0.670. The van der Waals surface area contributed by atoms with Crippen LogP contribution in [-0.4, -0.2) is 5.78 Å². The third-order valence-corrected chi connectivity index (χ3v) is 6.78. The van der Waals surface area contributed by atoms with E-state index in [1.165, 1.54) is 16.7 Å². The number of Topliss-reactive ketones (excluding diaryl/α,β-unsaturated/α-hetero) is 1. The van der Waals surface area contributed by atoms with Gasteiger partial charge in [-0.2, -0.15) is 5.26 Å². The van der Waals surface area contributed by atoms with E-state index in [0.717, 1.165) is 37.7 Å². The number of carbonyl (C=O) groups excluding carboxylic acids is 1. The normalized spacial score (nSPS) is 32.0. The van der Waals surface area contributed by atoms with Gasteiger partial charge in [0.2, 0.25) is 0 Å². The Bertz CT molecular complexity index is 726. The first kappa shape index (κ1) is 17.2. The van der Waals surface area contributed by atoms with E-state index in [-0.39, 0.29) is 16.6 Å². The molecular formula is C22H29NO. The molecule has 0 heterocycles. The predicted octanol–water partition coefficient (Wildman–Crippen LogP) is 5.55. The summed E-state index contributed by atoms with van der Waals surface area (Å²) in [4.78, 5) is 12.3. The first-order chi connectivity index (χ1) is 11.2. The number of fused-ring (bicyclic) bond motifs is 3. The van der Waals surface area contributed by atoms with Gasteiger partial charge in [-0.15, -0.1) is 0 Å². The Hall–Kier alpha value is -1.62. The lowest BCUT2D eigenvalue weighted by atomic mass is 9.50. The van der Waals surface area contributed by atoms with Crippen molar-refractivity contribution in [3.05, 3.63) is 34.4 Å². The number of benzene rings is 1. The molecule has 0 saturated heterocycles. The fourth-order valence-electron chi connectivity index (χ4n) is 5.45. The Morgan fingerprint density at radius 1 is 1.29 bits per heavy atom. The van der Waals surface area contributed by atoms with Crippen molar-refractivity contribution in [3.63, 3.8) is 0 Å². The van der Waals surface area contributed by atoms with Crippen LogP contribution in [0, 0.1) is 22.7 Å². The van der Waals surface area contributed by atoms with Crippen LogP contribution in [0.25, 0.3) is 0 Å². The fraction of sp³-hybridized carbons (Fsp3) is 0.636. The summed E-state index contributed by atoms with van der Waals surface area (Å²) in [6.45, 7) is 10.5. The van der Waals surface area contributed by atoms with Crippen molar-refractivity contribution in [3.8, 4) is 6.07 Å². The first-order valence-corrected chi connectivity index (χ1v) is 9.32. The Labute approximate surface area is 146 Å². The molecule has 1 fully saturated rings. The maximum absolute atomic E-state index is 12.3. The molecule has 2 aliphatic rings. The molecule has 0 spiro atoms. The summed E-state index contributed by atoms with van der Waals surface area (Å²) in [5, 5.41) is 9.81. The molecule has 1 saturated carbocycles. The van der Waals surface area contributed by atoms with E-state index in [4.69, 9.17) is 0 Å². The lowest BCUT2D eigenvalue weighted by Gasteiger charge is -2.53. The number of aryl methyl sites for hydroxylation is 1. The zero-order chi connectivity index (χ0) is 17.7. The smallest absolute Gasteiger partial charge is 0.160 e. The second-order valence-electron chi connectivity index (χ2n) is 8.70. The Kier molecular flexibility index (Phi) is 4.11. The van der Waals surface area contributed by atoms with Crippen LogP contribution in [-0.2, 0) is 11.8 Å². The summed E-state index contributed by atoms with van der Waals surface area (Å²) in [5.41, 5.74) is 4.60. The van der Waals surface area contributed by atoms with Crippen molar-refractivity contribution in [2.75, 3.05) is 0 Å². The molecule has 1 aromatic rings. The monoisotopic (exact) mass is 323 g/mol. The minimum absolute atomic E-state index is 0.0238. The summed E-state index contributed by atoms with van der Waals surface area (Å²) in [6, 6.07) is 7.11. The first-order valence-electron chi connectivity index (χ1n) is 9.32. The largest absolute Gasteiger partial charge is 0.295 e. The van der Waals surface area contributed by atoms with Gasteiger partial charge in [0.15, 0.2) is 5.78 Å². The van der Waals surface area contributed by atoms with Crippen molar-refractivity contribution >= 4 is 5.78 Å². The Balaban J connectivity index is 2.19. The highest BCUT2D eigenvalue weighted by molar-refractivity contribution is 5.96. The molecule has 24 heavy (non-hydrogen) atoms. The van der Waals surface area contributed by atoms with Crippen LogP contribution in [0.3, 0.4) is 0 Å². The van der Waals surface area contributed by atoms with Gasteiger partial charge in [0.1, 0.15) is 0 Å². The molecule has 2 nitrogen and oxygen atoms in total. The van der Waals surface area contributed by atoms with Crippen LogP contribution in [0.15, 0.2) is 12.1 Å². The van der Waals surface area contributed by atoms with E-state index in [9.17, 15) is 10.1 Å². The van der Waals surface area contributed by atoms with E-state index in [0.29, 0.717) is 11.8 Å². The van der Waals surface area contributed by atoms with E-state index in [2.05, 4.69) is 45.9 Å². The highest BCUT2D eigenvalue weighted by Gasteiger charge is 2.52. The summed E-state index contributed by atoms with van der Waals surface area (Å²) in [7, 11) is 0. The molecule has 0 N–H and O–H groups in total. The van der Waals surface area contributed by atoms with Gasteiger partial charge in [0.05, 0.1) is 11.5 Å². The van der Waals surface area contributed by atoms with Gasteiger partial charge >= 0.3 is 0 Å². The molecule has 3 rings (SSSR count). The van der Waals surface area contributed by atoms with Gasteiger partial charge in [-0.1, -0.05) is 33.3 Å². The number of rotatable bonds is 2. The minimum Gasteiger partial charge on any atom is -0.295 e. The molecule has 0 aliphatic heterocycles. The molecule has 0 aromatic heterocycles. The number of carbonyl (C=O) groups is 1. The van der Waals surface area contributed by atoms with Crippen LogP contribution in [0.2, 0.25) is 0 Å². The lowest BCUT2D eigenvalue weighted by molar-refractivity contribution is 0.0687. The van der Waals surface area contributed by atoms with Gasteiger partial charge in [-0.3, -0.25) is 4.79 Å². The van der Waals surface area contributed by atoms with Gasteiger partial charge in [-0.25, -0.2) is 0 Å². The molecule has 1 aromatic carbocycles. The van der Waals surface area contributed by atoms with E-state index < -0.39 is 0 Å². The van der Waals surface area contributed by atoms with Crippen LogP contribution in [0.1, 0.15) is 93.3 Å². The zero-order valence-electron chi connectivity index (χ0n) is 15.7. The van der Waals surface area contributed by atoms with Crippen molar-refractivity contribution < 1.29 is 4.79 Å². The van der Waals surface area contributed by atoms with Gasteiger partial charge < -0.3 is 0 Å². The maximum Gasteiger partial charge on any atom is 0.160 e. The van der Waals surface area contributed by atoms with Crippen molar-refractivity contribution in [1.29, 1.82) is 5.26 Å². The number of hydrogen-bond acceptors (Lipinski definition) is 2. The van der Waals surface area contributed by atoms with E-state index >= 15 is 0 Å². The SMILES string of the molecule is CC(=O)c1cc2c(cc1C(C)C)CC[C@@H]1[C@@]2(C)CCC[C@@]1(C)C#N. The van der Waals surface area contributed by atoms with Crippen LogP contribution in [0.5, 0.6) is 0 Å². The van der Waals surface area contributed by atoms with Crippen LogP contribution < -0.4 is 0 Å². The lowest BCUT2D eigenvalue weighted by Crippen LogP contribution is -2.48. The number of ketones is 1. The molecular weight excluding hydrogens is 294 g/mol. The van der Waals surface area contributed by atoms with Crippen molar-refractivity contribution in [2.24, 2.45) is 11.3 Å². The maximum atomic E-state index is 12.3. The standard InChI is InChI=1S/C22H29NO/c1-14(2)17-11-16-7-8-20-21(4,13-23)9-6-10-22(20,5)19(16)12-18(17)15(3)24/h11-12,14,20H,6-10H2,1-5H3/t20-,21-,22-/m0/s1. The number of nitriles is 1. The topological polar surface area (TPSA) is 40.9 Å². The molecule has 0 bridgehead atoms. The average molecular weight is 323 g/mol. The van der Waals surface area contributed by atoms with Gasteiger partial charge in [0.25, 0.3) is 0 Å². The fourth-order valence-corrected chi connectivity index (χ4v) is 5.45. The second kappa shape index (κ2) is 5.73.